The quantitative estimate of drug-likeness (QED) is 0.851. The normalized spacial score (nSPS) is 29.1. The van der Waals surface area contributed by atoms with E-state index in [9.17, 15) is 14.7 Å². The number of aliphatic hydroxyl groups excluding tert-OH is 1. The van der Waals surface area contributed by atoms with Crippen molar-refractivity contribution in [2.75, 3.05) is 0 Å². The van der Waals surface area contributed by atoms with Gasteiger partial charge in [-0.3, -0.25) is 9.59 Å². The first-order chi connectivity index (χ1) is 11.4. The number of benzene rings is 1. The van der Waals surface area contributed by atoms with E-state index in [4.69, 9.17) is 14.2 Å². The minimum absolute atomic E-state index is 0.0742. The summed E-state index contributed by atoms with van der Waals surface area (Å²) in [5.41, 5.74) is 1.09. The summed E-state index contributed by atoms with van der Waals surface area (Å²) in [5.74, 6) is -0.801. The summed E-state index contributed by atoms with van der Waals surface area (Å²) in [6, 6.07) is 7.30. The van der Waals surface area contributed by atoms with Crippen molar-refractivity contribution in [2.45, 2.75) is 45.0 Å². The van der Waals surface area contributed by atoms with Crippen LogP contribution in [-0.2, 0) is 19.1 Å². The van der Waals surface area contributed by atoms with E-state index in [1.807, 2.05) is 19.1 Å². The predicted molar refractivity (Wildman–Crippen MR) is 84.1 cm³/mol. The third-order valence-electron chi connectivity index (χ3n) is 4.29. The molecule has 3 rings (SSSR count). The van der Waals surface area contributed by atoms with Gasteiger partial charge in [0.2, 0.25) is 11.5 Å². The van der Waals surface area contributed by atoms with E-state index in [-0.39, 0.29) is 18.0 Å². The Balaban J connectivity index is 1.73. The molecule has 0 saturated heterocycles. The van der Waals surface area contributed by atoms with Gasteiger partial charge in [-0.1, -0.05) is 17.7 Å². The van der Waals surface area contributed by atoms with Crippen molar-refractivity contribution in [1.29, 1.82) is 0 Å². The average Bonchev–Trinajstić information content (AvgIpc) is 2.51. The van der Waals surface area contributed by atoms with Gasteiger partial charge in [-0.2, -0.15) is 0 Å². The smallest absolute Gasteiger partial charge is 0.302 e. The van der Waals surface area contributed by atoms with Crippen molar-refractivity contribution in [1.82, 2.24) is 0 Å². The van der Waals surface area contributed by atoms with Crippen molar-refractivity contribution in [3.63, 3.8) is 0 Å². The summed E-state index contributed by atoms with van der Waals surface area (Å²) < 4.78 is 16.3. The van der Waals surface area contributed by atoms with E-state index < -0.39 is 30.2 Å². The fourth-order valence-electron chi connectivity index (χ4n) is 3.16. The molecule has 24 heavy (non-hydrogen) atoms. The highest BCUT2D eigenvalue weighted by Gasteiger charge is 2.47. The lowest BCUT2D eigenvalue weighted by molar-refractivity contribution is -0.160. The van der Waals surface area contributed by atoms with E-state index in [1.165, 1.54) is 13.2 Å². The number of aryl methyl sites for hydroxylation is 1. The maximum Gasteiger partial charge on any atom is 0.302 e. The number of carbonyl (C=O) groups excluding carboxylic acids is 2. The second-order valence-corrected chi connectivity index (χ2v) is 6.23. The number of carbonyl (C=O) groups is 2. The molecule has 1 aliphatic heterocycles. The topological polar surface area (TPSA) is 82.1 Å². The molecule has 6 nitrogen and oxygen atoms in total. The van der Waals surface area contributed by atoms with Gasteiger partial charge >= 0.3 is 5.97 Å². The maximum atomic E-state index is 12.6. The highest BCUT2D eigenvalue weighted by Crippen LogP contribution is 2.35. The molecule has 1 aromatic rings. The van der Waals surface area contributed by atoms with Crippen LogP contribution in [0.25, 0.3) is 0 Å². The van der Waals surface area contributed by atoms with Gasteiger partial charge in [-0.15, -0.1) is 0 Å². The first-order valence-corrected chi connectivity index (χ1v) is 7.93. The lowest BCUT2D eigenvalue weighted by Gasteiger charge is -2.39. The van der Waals surface area contributed by atoms with E-state index in [1.54, 1.807) is 12.1 Å². The number of aliphatic hydroxyl groups is 1. The number of hydrogen-bond donors (Lipinski definition) is 1. The lowest BCUT2D eigenvalue weighted by Crippen LogP contribution is -2.50. The molecule has 4 atom stereocenters. The van der Waals surface area contributed by atoms with Crippen LogP contribution in [0.2, 0.25) is 0 Å². The molecule has 1 aliphatic carbocycles. The molecule has 128 valence electrons. The van der Waals surface area contributed by atoms with E-state index in [0.717, 1.165) is 5.56 Å². The minimum atomic E-state index is -0.939. The largest absolute Gasteiger partial charge is 0.493 e. The molecule has 1 N–H and O–H groups in total. The minimum Gasteiger partial charge on any atom is -0.493 e. The van der Waals surface area contributed by atoms with Crippen LogP contribution in [0.3, 0.4) is 0 Å². The lowest BCUT2D eigenvalue weighted by atomic mass is 9.78. The van der Waals surface area contributed by atoms with Crippen molar-refractivity contribution in [2.24, 2.45) is 5.92 Å². The molecule has 4 unspecified atom stereocenters. The zero-order chi connectivity index (χ0) is 17.3. The summed E-state index contributed by atoms with van der Waals surface area (Å²) in [7, 11) is 0. The second kappa shape index (κ2) is 6.65. The van der Waals surface area contributed by atoms with Crippen LogP contribution in [0.1, 0.15) is 25.3 Å². The van der Waals surface area contributed by atoms with Crippen molar-refractivity contribution in [3.05, 3.63) is 41.9 Å². The fraction of sp³-hybridized carbons (Fsp3) is 0.444. The summed E-state index contributed by atoms with van der Waals surface area (Å²) in [4.78, 5) is 23.7. The van der Waals surface area contributed by atoms with Crippen molar-refractivity contribution >= 4 is 11.8 Å². The molecule has 1 heterocycles. The number of ether oxygens (including phenoxy) is 3. The Morgan fingerprint density at radius 3 is 2.62 bits per heavy atom. The molecule has 0 spiro atoms. The van der Waals surface area contributed by atoms with Crippen LogP contribution in [-0.4, -0.2) is 35.2 Å². The molecule has 1 fully saturated rings. The maximum absolute atomic E-state index is 12.6. The number of rotatable bonds is 3. The third kappa shape index (κ3) is 3.43. The van der Waals surface area contributed by atoms with Gasteiger partial charge in [0.1, 0.15) is 24.2 Å². The van der Waals surface area contributed by atoms with E-state index in [0.29, 0.717) is 12.2 Å². The monoisotopic (exact) mass is 332 g/mol. The van der Waals surface area contributed by atoms with Crippen LogP contribution in [0.15, 0.2) is 36.3 Å². The Labute approximate surface area is 140 Å². The highest BCUT2D eigenvalue weighted by atomic mass is 16.6. The summed E-state index contributed by atoms with van der Waals surface area (Å²) in [6.07, 6.45) is -0.0252. The molecular weight excluding hydrogens is 312 g/mol. The molecule has 2 aliphatic rings. The molecule has 0 aromatic heterocycles. The zero-order valence-corrected chi connectivity index (χ0v) is 13.6. The van der Waals surface area contributed by atoms with Crippen LogP contribution in [0.5, 0.6) is 5.75 Å². The van der Waals surface area contributed by atoms with Gasteiger partial charge in [-0.05, 0) is 19.1 Å². The first kappa shape index (κ1) is 16.5. The second-order valence-electron chi connectivity index (χ2n) is 6.23. The van der Waals surface area contributed by atoms with Crippen LogP contribution >= 0.6 is 0 Å². The Morgan fingerprint density at radius 1 is 1.25 bits per heavy atom. The number of fused-ring (bicyclic) bond motifs is 1. The van der Waals surface area contributed by atoms with Gasteiger partial charge < -0.3 is 19.3 Å². The van der Waals surface area contributed by atoms with Crippen molar-refractivity contribution < 1.29 is 28.9 Å². The van der Waals surface area contributed by atoms with Gasteiger partial charge in [0, 0.05) is 19.8 Å². The highest BCUT2D eigenvalue weighted by molar-refractivity contribution is 5.97. The molecule has 6 heteroatoms. The SMILES string of the molecule is CC(=O)OC1CC(O)C2C(=O)C(Oc3ccc(C)cc3)=COC2C1. The summed E-state index contributed by atoms with van der Waals surface area (Å²) in [5, 5.41) is 10.3. The Bertz CT molecular complexity index is 663. The third-order valence-corrected chi connectivity index (χ3v) is 4.29. The Morgan fingerprint density at radius 2 is 1.96 bits per heavy atom. The number of ketones is 1. The van der Waals surface area contributed by atoms with Crippen LogP contribution in [0.4, 0.5) is 0 Å². The summed E-state index contributed by atoms with van der Waals surface area (Å²) in [6.45, 7) is 3.28. The molecule has 0 bridgehead atoms. The zero-order valence-electron chi connectivity index (χ0n) is 13.6. The van der Waals surface area contributed by atoms with E-state index in [2.05, 4.69) is 0 Å². The number of esters is 1. The average molecular weight is 332 g/mol. The Hall–Kier alpha value is -2.34. The van der Waals surface area contributed by atoms with Gasteiger partial charge in [0.05, 0.1) is 12.0 Å². The first-order valence-electron chi connectivity index (χ1n) is 7.93. The molecule has 0 radical (unpaired) electrons. The van der Waals surface area contributed by atoms with Gasteiger partial charge in [0.25, 0.3) is 0 Å². The number of hydrogen-bond acceptors (Lipinski definition) is 6. The number of allylic oxidation sites excluding steroid dienone is 1. The standard InChI is InChI=1S/C18H20O6/c1-10-3-5-12(6-4-10)24-16-9-22-15-8-13(23-11(2)19)7-14(20)17(15)18(16)21/h3-6,9,13-15,17,20H,7-8H2,1-2H3. The molecular formula is C18H20O6. The fourth-order valence-corrected chi connectivity index (χ4v) is 3.16. The van der Waals surface area contributed by atoms with Gasteiger partial charge in [-0.25, -0.2) is 0 Å². The van der Waals surface area contributed by atoms with Crippen LogP contribution in [0, 0.1) is 12.8 Å². The molecule has 0 amide bonds. The predicted octanol–water partition coefficient (Wildman–Crippen LogP) is 1.89. The van der Waals surface area contributed by atoms with E-state index >= 15 is 0 Å². The Kier molecular flexibility index (Phi) is 4.57. The molecule has 1 aromatic carbocycles. The van der Waals surface area contributed by atoms with Crippen LogP contribution < -0.4 is 4.74 Å². The number of Topliss-reactive ketones (excluding diaryl/α,β-unsaturated/α-hetero) is 1. The van der Waals surface area contributed by atoms with Crippen molar-refractivity contribution in [3.8, 4) is 5.75 Å². The summed E-state index contributed by atoms with van der Waals surface area (Å²) >= 11 is 0. The molecule has 1 saturated carbocycles. The van der Waals surface area contributed by atoms with Gasteiger partial charge in [0.15, 0.2) is 0 Å².